The Labute approximate surface area is 96.9 Å². The minimum atomic E-state index is -3.15. The van der Waals surface area contributed by atoms with Crippen LogP contribution in [0.2, 0.25) is 0 Å². The van der Waals surface area contributed by atoms with Gasteiger partial charge < -0.3 is 5.73 Å². The molecule has 2 aliphatic rings. The topological polar surface area (TPSA) is 63.4 Å². The highest BCUT2D eigenvalue weighted by Crippen LogP contribution is 2.18. The summed E-state index contributed by atoms with van der Waals surface area (Å²) < 4.78 is 25.7. The van der Waals surface area contributed by atoms with E-state index in [4.69, 9.17) is 5.73 Å². The molecular formula is C11H18N2O2S. The first kappa shape index (κ1) is 11.8. The molecule has 1 aliphatic carbocycles. The number of allylic oxidation sites excluding steroid dienone is 3. The molecule has 1 saturated heterocycles. The molecule has 2 rings (SSSR count). The van der Waals surface area contributed by atoms with Crippen molar-refractivity contribution in [1.29, 1.82) is 0 Å². The molecule has 2 N–H and O–H groups in total. The van der Waals surface area contributed by atoms with E-state index in [2.05, 4.69) is 0 Å². The summed E-state index contributed by atoms with van der Waals surface area (Å²) in [5, 5.41) is 0. The fourth-order valence-electron chi connectivity index (χ4n) is 2.15. The van der Waals surface area contributed by atoms with Crippen molar-refractivity contribution in [2.24, 2.45) is 5.73 Å². The number of piperidine rings is 1. The summed E-state index contributed by atoms with van der Waals surface area (Å²) in [6, 6.07) is -0.000734. The maximum atomic E-state index is 12.1. The Hall–Kier alpha value is -0.650. The highest BCUT2D eigenvalue weighted by molar-refractivity contribution is 7.89. The molecule has 16 heavy (non-hydrogen) atoms. The first-order valence-corrected chi connectivity index (χ1v) is 7.27. The zero-order chi connectivity index (χ0) is 11.6. The molecule has 5 heteroatoms. The first-order chi connectivity index (χ1) is 7.58. The highest BCUT2D eigenvalue weighted by Gasteiger charge is 2.27. The van der Waals surface area contributed by atoms with Gasteiger partial charge in [0.15, 0.2) is 0 Å². The van der Waals surface area contributed by atoms with E-state index >= 15 is 0 Å². The summed E-state index contributed by atoms with van der Waals surface area (Å²) in [4.78, 5) is 0. The van der Waals surface area contributed by atoms with Gasteiger partial charge in [0.05, 0.1) is 5.75 Å². The SMILES string of the molecule is NC1CCCN(S(=O)(=O)CC2=CC=CC2)C1. The zero-order valence-electron chi connectivity index (χ0n) is 9.30. The smallest absolute Gasteiger partial charge is 0.218 e. The van der Waals surface area contributed by atoms with Gasteiger partial charge in [0, 0.05) is 19.1 Å². The standard InChI is InChI=1S/C11H18N2O2S/c12-11-6-3-7-13(8-11)16(14,15)9-10-4-1-2-5-10/h1-2,4,11H,3,5-9,12H2. The van der Waals surface area contributed by atoms with Crippen molar-refractivity contribution in [2.75, 3.05) is 18.8 Å². The van der Waals surface area contributed by atoms with Gasteiger partial charge in [-0.2, -0.15) is 0 Å². The van der Waals surface area contributed by atoms with Gasteiger partial charge in [-0.05, 0) is 19.3 Å². The molecule has 4 nitrogen and oxygen atoms in total. The van der Waals surface area contributed by atoms with Crippen molar-refractivity contribution in [3.8, 4) is 0 Å². The van der Waals surface area contributed by atoms with Crippen molar-refractivity contribution in [3.63, 3.8) is 0 Å². The molecule has 90 valence electrons. The van der Waals surface area contributed by atoms with Crippen LogP contribution >= 0.6 is 0 Å². The Bertz CT molecular complexity index is 412. The molecule has 0 aromatic rings. The van der Waals surface area contributed by atoms with E-state index < -0.39 is 10.0 Å². The summed E-state index contributed by atoms with van der Waals surface area (Å²) in [7, 11) is -3.15. The largest absolute Gasteiger partial charge is 0.327 e. The van der Waals surface area contributed by atoms with Gasteiger partial charge >= 0.3 is 0 Å². The van der Waals surface area contributed by atoms with Crippen LogP contribution in [-0.2, 0) is 10.0 Å². The summed E-state index contributed by atoms with van der Waals surface area (Å²) in [5.74, 6) is 0.146. The van der Waals surface area contributed by atoms with Crippen LogP contribution in [0.15, 0.2) is 23.8 Å². The van der Waals surface area contributed by atoms with E-state index in [9.17, 15) is 8.42 Å². The van der Waals surface area contributed by atoms with Crippen LogP contribution in [0.4, 0.5) is 0 Å². The lowest BCUT2D eigenvalue weighted by Gasteiger charge is -2.30. The number of nitrogens with zero attached hydrogens (tertiary/aromatic N) is 1. The lowest BCUT2D eigenvalue weighted by Crippen LogP contribution is -2.46. The minimum Gasteiger partial charge on any atom is -0.327 e. The second-order valence-electron chi connectivity index (χ2n) is 4.47. The van der Waals surface area contributed by atoms with Crippen LogP contribution in [0.3, 0.4) is 0 Å². The number of hydrogen-bond acceptors (Lipinski definition) is 3. The Kier molecular flexibility index (Phi) is 3.47. The number of nitrogens with two attached hydrogens (primary N) is 1. The minimum absolute atomic E-state index is 0.000734. The third kappa shape index (κ3) is 2.72. The second-order valence-corrected chi connectivity index (χ2v) is 6.44. The van der Waals surface area contributed by atoms with E-state index in [1.807, 2.05) is 18.2 Å². The number of hydrogen-bond donors (Lipinski definition) is 1. The summed E-state index contributed by atoms with van der Waals surface area (Å²) in [6.45, 7) is 1.10. The van der Waals surface area contributed by atoms with Crippen molar-refractivity contribution < 1.29 is 8.42 Å². The van der Waals surface area contributed by atoms with Crippen molar-refractivity contribution >= 4 is 10.0 Å². The fraction of sp³-hybridized carbons (Fsp3) is 0.636. The molecule has 1 aliphatic heterocycles. The third-order valence-electron chi connectivity index (χ3n) is 3.03. The highest BCUT2D eigenvalue weighted by atomic mass is 32.2. The molecule has 1 fully saturated rings. The zero-order valence-corrected chi connectivity index (χ0v) is 10.1. The normalized spacial score (nSPS) is 27.1. The van der Waals surface area contributed by atoms with Gasteiger partial charge in [0.1, 0.15) is 0 Å². The van der Waals surface area contributed by atoms with Gasteiger partial charge in [-0.3, -0.25) is 0 Å². The van der Waals surface area contributed by atoms with Gasteiger partial charge in [-0.15, -0.1) is 0 Å². The Morgan fingerprint density at radius 2 is 2.31 bits per heavy atom. The maximum Gasteiger partial charge on any atom is 0.218 e. The lowest BCUT2D eigenvalue weighted by atomic mass is 10.1. The quantitative estimate of drug-likeness (QED) is 0.789. The van der Waals surface area contributed by atoms with Gasteiger partial charge in [-0.1, -0.05) is 23.8 Å². The molecule has 0 saturated carbocycles. The van der Waals surface area contributed by atoms with Crippen LogP contribution in [0.25, 0.3) is 0 Å². The molecule has 0 amide bonds. The van der Waals surface area contributed by atoms with E-state index in [-0.39, 0.29) is 11.8 Å². The van der Waals surface area contributed by atoms with Crippen LogP contribution in [0.5, 0.6) is 0 Å². The first-order valence-electron chi connectivity index (χ1n) is 5.66. The molecule has 0 aromatic carbocycles. The molecule has 0 bridgehead atoms. The average Bonchev–Trinajstić information content (AvgIpc) is 2.70. The summed E-state index contributed by atoms with van der Waals surface area (Å²) in [6.07, 6.45) is 8.34. The molecule has 1 atom stereocenters. The van der Waals surface area contributed by atoms with Gasteiger partial charge in [-0.25, -0.2) is 12.7 Å². The summed E-state index contributed by atoms with van der Waals surface area (Å²) in [5.41, 5.74) is 6.77. The number of rotatable bonds is 3. The molecular weight excluding hydrogens is 224 g/mol. The van der Waals surface area contributed by atoms with Gasteiger partial charge in [0.2, 0.25) is 10.0 Å². The molecule has 0 aromatic heterocycles. The molecule has 0 spiro atoms. The maximum absolute atomic E-state index is 12.1. The van der Waals surface area contributed by atoms with E-state index in [1.54, 1.807) is 4.31 Å². The van der Waals surface area contributed by atoms with E-state index in [1.165, 1.54) is 0 Å². The van der Waals surface area contributed by atoms with E-state index in [0.29, 0.717) is 13.1 Å². The van der Waals surface area contributed by atoms with E-state index in [0.717, 1.165) is 24.8 Å². The summed E-state index contributed by atoms with van der Waals surface area (Å²) >= 11 is 0. The lowest BCUT2D eigenvalue weighted by molar-refractivity contribution is 0.317. The second kappa shape index (κ2) is 4.69. The van der Waals surface area contributed by atoms with Crippen LogP contribution in [0, 0.1) is 0 Å². The van der Waals surface area contributed by atoms with Crippen molar-refractivity contribution in [1.82, 2.24) is 4.31 Å². The fourth-order valence-corrected chi connectivity index (χ4v) is 3.84. The van der Waals surface area contributed by atoms with Crippen molar-refractivity contribution in [3.05, 3.63) is 23.8 Å². The predicted molar refractivity (Wildman–Crippen MR) is 64.4 cm³/mol. The van der Waals surface area contributed by atoms with Crippen LogP contribution < -0.4 is 5.73 Å². The monoisotopic (exact) mass is 242 g/mol. The molecule has 1 heterocycles. The Morgan fingerprint density at radius 1 is 1.50 bits per heavy atom. The molecule has 1 unspecified atom stereocenters. The van der Waals surface area contributed by atoms with Crippen LogP contribution in [0.1, 0.15) is 19.3 Å². The van der Waals surface area contributed by atoms with Crippen LogP contribution in [-0.4, -0.2) is 37.6 Å². The molecule has 0 radical (unpaired) electrons. The van der Waals surface area contributed by atoms with Crippen molar-refractivity contribution in [2.45, 2.75) is 25.3 Å². The predicted octanol–water partition coefficient (Wildman–Crippen LogP) is 0.626. The Morgan fingerprint density at radius 3 is 2.94 bits per heavy atom. The number of sulfonamides is 1. The van der Waals surface area contributed by atoms with Gasteiger partial charge in [0.25, 0.3) is 0 Å². The Balaban J connectivity index is 2.01. The third-order valence-corrected chi connectivity index (χ3v) is 4.88. The average molecular weight is 242 g/mol.